The standard InChI is InChI=1S/C13H24N2O6/c1-13(2,6-7-21-3)8-14-12(20)15-9(11(18)19)4-5-10(16)17/h9H,4-8H2,1-3H3,(H,16,17)(H,18,19)(H2,14,15,20)/t9-/m0/s1. The molecule has 1 atom stereocenters. The molecule has 4 N–H and O–H groups in total. The van der Waals surface area contributed by atoms with Crippen molar-refractivity contribution in [2.24, 2.45) is 5.41 Å². The van der Waals surface area contributed by atoms with Gasteiger partial charge in [-0.25, -0.2) is 9.59 Å². The van der Waals surface area contributed by atoms with Gasteiger partial charge in [0.25, 0.3) is 0 Å². The smallest absolute Gasteiger partial charge is 0.326 e. The van der Waals surface area contributed by atoms with Crippen LogP contribution < -0.4 is 10.6 Å². The average molecular weight is 304 g/mol. The quantitative estimate of drug-likeness (QED) is 0.470. The van der Waals surface area contributed by atoms with Crippen molar-refractivity contribution in [1.82, 2.24) is 10.6 Å². The number of carbonyl (C=O) groups is 3. The van der Waals surface area contributed by atoms with Gasteiger partial charge in [0, 0.05) is 26.7 Å². The highest BCUT2D eigenvalue weighted by molar-refractivity contribution is 5.83. The third-order valence-corrected chi connectivity index (χ3v) is 2.96. The van der Waals surface area contributed by atoms with Crippen molar-refractivity contribution in [3.8, 4) is 0 Å². The molecule has 8 nitrogen and oxygen atoms in total. The SMILES string of the molecule is COCCC(C)(C)CNC(=O)N[C@@H](CCC(=O)O)C(=O)O. The van der Waals surface area contributed by atoms with Crippen molar-refractivity contribution < 1.29 is 29.3 Å². The van der Waals surface area contributed by atoms with Gasteiger partial charge < -0.3 is 25.6 Å². The Labute approximate surface area is 123 Å². The number of ether oxygens (including phenoxy) is 1. The van der Waals surface area contributed by atoms with Crippen molar-refractivity contribution in [2.75, 3.05) is 20.3 Å². The first kappa shape index (κ1) is 19.2. The second-order valence-corrected chi connectivity index (χ2v) is 5.56. The summed E-state index contributed by atoms with van der Waals surface area (Å²) in [6.07, 6.45) is 0.257. The Morgan fingerprint density at radius 1 is 1.24 bits per heavy atom. The maximum Gasteiger partial charge on any atom is 0.326 e. The Morgan fingerprint density at radius 2 is 1.86 bits per heavy atom. The lowest BCUT2D eigenvalue weighted by molar-refractivity contribution is -0.140. The summed E-state index contributed by atoms with van der Waals surface area (Å²) in [6, 6.07) is -1.85. The minimum absolute atomic E-state index is 0.162. The zero-order valence-corrected chi connectivity index (χ0v) is 12.6. The minimum Gasteiger partial charge on any atom is -0.481 e. The average Bonchev–Trinajstić information content (AvgIpc) is 2.38. The number of rotatable bonds is 10. The van der Waals surface area contributed by atoms with Crippen LogP contribution in [0.1, 0.15) is 33.1 Å². The molecule has 0 unspecified atom stereocenters. The molecule has 21 heavy (non-hydrogen) atoms. The van der Waals surface area contributed by atoms with E-state index < -0.39 is 24.0 Å². The molecule has 0 heterocycles. The lowest BCUT2D eigenvalue weighted by Crippen LogP contribution is -2.48. The molecule has 0 aliphatic heterocycles. The van der Waals surface area contributed by atoms with E-state index in [0.717, 1.165) is 6.42 Å². The molecule has 0 aromatic rings. The number of amides is 2. The summed E-state index contributed by atoms with van der Waals surface area (Å²) >= 11 is 0. The van der Waals surface area contributed by atoms with E-state index in [1.165, 1.54) is 0 Å². The summed E-state index contributed by atoms with van der Waals surface area (Å²) in [4.78, 5) is 33.0. The first-order chi connectivity index (χ1) is 9.68. The molecule has 0 aromatic heterocycles. The molecule has 0 fully saturated rings. The highest BCUT2D eigenvalue weighted by atomic mass is 16.5. The lowest BCUT2D eigenvalue weighted by atomic mass is 9.90. The summed E-state index contributed by atoms with van der Waals surface area (Å²) < 4.78 is 4.97. The molecular formula is C13H24N2O6. The maximum atomic E-state index is 11.7. The van der Waals surface area contributed by atoms with E-state index in [-0.39, 0.29) is 18.3 Å². The highest BCUT2D eigenvalue weighted by Crippen LogP contribution is 2.18. The van der Waals surface area contributed by atoms with E-state index in [1.807, 2.05) is 13.8 Å². The van der Waals surface area contributed by atoms with Gasteiger partial charge in [0.1, 0.15) is 6.04 Å². The van der Waals surface area contributed by atoms with E-state index in [4.69, 9.17) is 14.9 Å². The molecule has 0 rings (SSSR count). The maximum absolute atomic E-state index is 11.7. The van der Waals surface area contributed by atoms with E-state index in [9.17, 15) is 14.4 Å². The van der Waals surface area contributed by atoms with Crippen LogP contribution in [-0.2, 0) is 14.3 Å². The van der Waals surface area contributed by atoms with E-state index >= 15 is 0 Å². The highest BCUT2D eigenvalue weighted by Gasteiger charge is 2.23. The molecule has 2 amide bonds. The first-order valence-electron chi connectivity index (χ1n) is 6.66. The molecule has 8 heteroatoms. The Morgan fingerprint density at radius 3 is 2.33 bits per heavy atom. The third-order valence-electron chi connectivity index (χ3n) is 2.96. The van der Waals surface area contributed by atoms with Crippen LogP contribution in [0, 0.1) is 5.41 Å². The molecule has 0 aromatic carbocycles. The summed E-state index contributed by atoms with van der Waals surface area (Å²) in [5.74, 6) is -2.37. The van der Waals surface area contributed by atoms with Gasteiger partial charge in [0.05, 0.1) is 0 Å². The molecule has 0 aliphatic carbocycles. The Bertz CT molecular complexity index is 370. The largest absolute Gasteiger partial charge is 0.481 e. The monoisotopic (exact) mass is 304 g/mol. The van der Waals surface area contributed by atoms with Crippen molar-refractivity contribution >= 4 is 18.0 Å². The zero-order chi connectivity index (χ0) is 16.5. The van der Waals surface area contributed by atoms with Crippen LogP contribution in [0.15, 0.2) is 0 Å². The van der Waals surface area contributed by atoms with Crippen LogP contribution in [0.25, 0.3) is 0 Å². The van der Waals surface area contributed by atoms with Gasteiger partial charge >= 0.3 is 18.0 Å². The van der Waals surface area contributed by atoms with Crippen molar-refractivity contribution in [1.29, 1.82) is 0 Å². The number of urea groups is 1. The molecule has 0 radical (unpaired) electrons. The normalized spacial score (nSPS) is 12.5. The third kappa shape index (κ3) is 9.67. The number of hydrogen-bond donors (Lipinski definition) is 4. The van der Waals surface area contributed by atoms with E-state index in [1.54, 1.807) is 7.11 Å². The van der Waals surface area contributed by atoms with Gasteiger partial charge in [-0.3, -0.25) is 4.79 Å². The summed E-state index contributed by atoms with van der Waals surface area (Å²) in [7, 11) is 1.59. The fraction of sp³-hybridized carbons (Fsp3) is 0.769. The number of methoxy groups -OCH3 is 1. The van der Waals surface area contributed by atoms with Gasteiger partial charge in [-0.05, 0) is 18.3 Å². The van der Waals surface area contributed by atoms with Gasteiger partial charge in [-0.2, -0.15) is 0 Å². The van der Waals surface area contributed by atoms with Gasteiger partial charge in [0.15, 0.2) is 0 Å². The van der Waals surface area contributed by atoms with Crippen LogP contribution >= 0.6 is 0 Å². The second-order valence-electron chi connectivity index (χ2n) is 5.56. The fourth-order valence-electron chi connectivity index (χ4n) is 1.52. The zero-order valence-electron chi connectivity index (χ0n) is 12.6. The van der Waals surface area contributed by atoms with Crippen LogP contribution in [0.2, 0.25) is 0 Å². The Kier molecular flexibility index (Phi) is 8.37. The molecule has 0 spiro atoms. The van der Waals surface area contributed by atoms with Gasteiger partial charge in [-0.15, -0.1) is 0 Å². The van der Waals surface area contributed by atoms with Crippen LogP contribution in [-0.4, -0.2) is 54.5 Å². The minimum atomic E-state index is -1.26. The fourth-order valence-corrected chi connectivity index (χ4v) is 1.52. The van der Waals surface area contributed by atoms with E-state index in [0.29, 0.717) is 13.2 Å². The summed E-state index contributed by atoms with van der Waals surface area (Å²) in [5, 5.41) is 22.3. The Hall–Kier alpha value is -1.83. The molecule has 122 valence electrons. The summed E-state index contributed by atoms with van der Waals surface area (Å²) in [6.45, 7) is 4.82. The van der Waals surface area contributed by atoms with Crippen molar-refractivity contribution in [3.63, 3.8) is 0 Å². The number of carboxylic acid groups (broad SMARTS) is 2. The number of nitrogens with one attached hydrogen (secondary N) is 2. The predicted octanol–water partition coefficient (Wildman–Crippen LogP) is 0.666. The van der Waals surface area contributed by atoms with Crippen LogP contribution in [0.4, 0.5) is 4.79 Å². The van der Waals surface area contributed by atoms with Crippen LogP contribution in [0.3, 0.4) is 0 Å². The number of carbonyl (C=O) groups excluding carboxylic acids is 1. The Balaban J connectivity index is 4.25. The van der Waals surface area contributed by atoms with Crippen molar-refractivity contribution in [3.05, 3.63) is 0 Å². The summed E-state index contributed by atoms with van der Waals surface area (Å²) in [5.41, 5.74) is -0.187. The molecule has 0 aliphatic rings. The van der Waals surface area contributed by atoms with Gasteiger partial charge in [-0.1, -0.05) is 13.8 Å². The lowest BCUT2D eigenvalue weighted by Gasteiger charge is -2.25. The second kappa shape index (κ2) is 9.17. The molecular weight excluding hydrogens is 280 g/mol. The van der Waals surface area contributed by atoms with E-state index in [2.05, 4.69) is 10.6 Å². The number of aliphatic carboxylic acids is 2. The van der Waals surface area contributed by atoms with Crippen molar-refractivity contribution in [2.45, 2.75) is 39.2 Å². The van der Waals surface area contributed by atoms with Crippen LogP contribution in [0.5, 0.6) is 0 Å². The number of hydrogen-bond acceptors (Lipinski definition) is 4. The first-order valence-corrected chi connectivity index (χ1v) is 6.66. The molecule has 0 saturated carbocycles. The molecule has 0 bridgehead atoms. The number of carboxylic acids is 2. The topological polar surface area (TPSA) is 125 Å². The predicted molar refractivity (Wildman–Crippen MR) is 75.1 cm³/mol. The van der Waals surface area contributed by atoms with Gasteiger partial charge in [0.2, 0.25) is 0 Å². The molecule has 0 saturated heterocycles.